The Morgan fingerprint density at radius 2 is 2.22 bits per heavy atom. The second-order valence-electron chi connectivity index (χ2n) is 4.10. The van der Waals surface area contributed by atoms with Crippen LogP contribution in [0.3, 0.4) is 0 Å². The second kappa shape index (κ2) is 5.77. The van der Waals surface area contributed by atoms with E-state index in [1.54, 1.807) is 0 Å². The third kappa shape index (κ3) is 2.59. The molecule has 0 amide bonds. The predicted molar refractivity (Wildman–Crippen MR) is 67.9 cm³/mol. The fourth-order valence-corrected chi connectivity index (χ4v) is 1.78. The molecule has 0 aromatic carbocycles. The molecule has 2 heterocycles. The number of nitrogens with two attached hydrogens (primary N) is 1. The molecule has 0 aliphatic carbocycles. The molecule has 6 nitrogen and oxygen atoms in total. The number of aromatic nitrogens is 4. The third-order valence-corrected chi connectivity index (χ3v) is 2.78. The van der Waals surface area contributed by atoms with Gasteiger partial charge >= 0.3 is 0 Å². The monoisotopic (exact) mass is 249 g/mol. The van der Waals surface area contributed by atoms with E-state index >= 15 is 0 Å². The number of nitrogens with zero attached hydrogens (tertiary/aromatic N) is 4. The standard InChI is InChI=1S/C12H19N5O/c1-3-9-8-10(17(4-2)15-9)12-14-11(16-18-12)6-5-7-13/h8H,3-7,13H2,1-2H3. The molecule has 2 rings (SSSR count). The maximum Gasteiger partial charge on any atom is 0.276 e. The van der Waals surface area contributed by atoms with E-state index in [0.717, 1.165) is 37.2 Å². The molecule has 0 saturated heterocycles. The van der Waals surface area contributed by atoms with Gasteiger partial charge in [-0.3, -0.25) is 4.68 Å². The van der Waals surface area contributed by atoms with Gasteiger partial charge < -0.3 is 10.3 Å². The van der Waals surface area contributed by atoms with Crippen molar-refractivity contribution < 1.29 is 4.52 Å². The minimum absolute atomic E-state index is 0.538. The molecule has 2 N–H and O–H groups in total. The van der Waals surface area contributed by atoms with Crippen molar-refractivity contribution in [1.82, 2.24) is 19.9 Å². The molecular formula is C12H19N5O. The van der Waals surface area contributed by atoms with Crippen LogP contribution in [0.4, 0.5) is 0 Å². The average molecular weight is 249 g/mol. The van der Waals surface area contributed by atoms with Gasteiger partial charge in [0.25, 0.3) is 5.89 Å². The van der Waals surface area contributed by atoms with Crippen LogP contribution in [0.25, 0.3) is 11.6 Å². The maximum atomic E-state index is 5.46. The maximum absolute atomic E-state index is 5.46. The summed E-state index contributed by atoms with van der Waals surface area (Å²) in [5.41, 5.74) is 7.39. The van der Waals surface area contributed by atoms with Crippen LogP contribution < -0.4 is 5.73 Å². The number of hydrogen-bond acceptors (Lipinski definition) is 5. The molecule has 0 atom stereocenters. The Bertz CT molecular complexity index is 502. The highest BCUT2D eigenvalue weighted by atomic mass is 16.5. The predicted octanol–water partition coefficient (Wildman–Crippen LogP) is 1.41. The van der Waals surface area contributed by atoms with Gasteiger partial charge in [0, 0.05) is 13.0 Å². The lowest BCUT2D eigenvalue weighted by Gasteiger charge is -1.98. The molecular weight excluding hydrogens is 230 g/mol. The fourth-order valence-electron chi connectivity index (χ4n) is 1.78. The summed E-state index contributed by atoms with van der Waals surface area (Å²) in [5.74, 6) is 1.24. The Morgan fingerprint density at radius 3 is 2.89 bits per heavy atom. The molecule has 0 aliphatic heterocycles. The van der Waals surface area contributed by atoms with Crippen LogP contribution in [0, 0.1) is 0 Å². The van der Waals surface area contributed by atoms with Crippen LogP contribution in [0.1, 0.15) is 31.8 Å². The van der Waals surface area contributed by atoms with Crippen LogP contribution in [-0.4, -0.2) is 26.5 Å². The zero-order valence-corrected chi connectivity index (χ0v) is 10.9. The molecule has 18 heavy (non-hydrogen) atoms. The summed E-state index contributed by atoms with van der Waals surface area (Å²) < 4.78 is 7.17. The fraction of sp³-hybridized carbons (Fsp3) is 0.583. The minimum Gasteiger partial charge on any atom is -0.332 e. The molecule has 6 heteroatoms. The van der Waals surface area contributed by atoms with Gasteiger partial charge in [0.1, 0.15) is 5.69 Å². The molecule has 0 spiro atoms. The highest BCUT2D eigenvalue weighted by Gasteiger charge is 2.14. The second-order valence-corrected chi connectivity index (χ2v) is 4.10. The molecule has 0 saturated carbocycles. The topological polar surface area (TPSA) is 82.8 Å². The molecule has 0 radical (unpaired) electrons. The quantitative estimate of drug-likeness (QED) is 0.836. The molecule has 2 aromatic rings. The van der Waals surface area contributed by atoms with E-state index in [4.69, 9.17) is 10.3 Å². The lowest BCUT2D eigenvalue weighted by atomic mass is 10.3. The van der Waals surface area contributed by atoms with Gasteiger partial charge in [0.15, 0.2) is 5.82 Å². The van der Waals surface area contributed by atoms with Gasteiger partial charge in [-0.25, -0.2) is 0 Å². The van der Waals surface area contributed by atoms with Crippen LogP contribution in [0.15, 0.2) is 10.6 Å². The van der Waals surface area contributed by atoms with Crippen molar-refractivity contribution in [1.29, 1.82) is 0 Å². The van der Waals surface area contributed by atoms with Crippen molar-refractivity contribution in [3.05, 3.63) is 17.6 Å². The first-order valence-electron chi connectivity index (χ1n) is 6.38. The summed E-state index contributed by atoms with van der Waals surface area (Å²) in [6, 6.07) is 2.00. The van der Waals surface area contributed by atoms with Crippen molar-refractivity contribution in [2.75, 3.05) is 6.54 Å². The summed E-state index contributed by atoms with van der Waals surface area (Å²) in [7, 11) is 0. The zero-order valence-electron chi connectivity index (χ0n) is 10.9. The normalized spacial score (nSPS) is 11.1. The molecule has 0 unspecified atom stereocenters. The first-order valence-corrected chi connectivity index (χ1v) is 6.38. The number of rotatable bonds is 6. The van der Waals surface area contributed by atoms with Gasteiger partial charge in [-0.05, 0) is 32.4 Å². The third-order valence-electron chi connectivity index (χ3n) is 2.78. The van der Waals surface area contributed by atoms with Crippen molar-refractivity contribution in [3.63, 3.8) is 0 Å². The molecule has 0 aliphatic rings. The molecule has 0 bridgehead atoms. The van der Waals surface area contributed by atoms with Crippen LogP contribution in [0.5, 0.6) is 0 Å². The molecule has 0 fully saturated rings. The van der Waals surface area contributed by atoms with Crippen molar-refractivity contribution in [3.8, 4) is 11.6 Å². The van der Waals surface area contributed by atoms with E-state index < -0.39 is 0 Å². The van der Waals surface area contributed by atoms with Crippen LogP contribution in [-0.2, 0) is 19.4 Å². The lowest BCUT2D eigenvalue weighted by molar-refractivity contribution is 0.417. The minimum atomic E-state index is 0.538. The summed E-state index contributed by atoms with van der Waals surface area (Å²) in [5, 5.41) is 8.42. The first kappa shape index (κ1) is 12.8. The number of hydrogen-bond donors (Lipinski definition) is 1. The van der Waals surface area contributed by atoms with Gasteiger partial charge in [-0.15, -0.1) is 0 Å². The lowest BCUT2D eigenvalue weighted by Crippen LogP contribution is -2.01. The summed E-state index contributed by atoms with van der Waals surface area (Å²) in [6.07, 6.45) is 2.52. The SMILES string of the molecule is CCc1cc(-c2nc(CCCN)no2)n(CC)n1. The van der Waals surface area contributed by atoms with E-state index in [1.165, 1.54) is 0 Å². The van der Waals surface area contributed by atoms with E-state index in [0.29, 0.717) is 18.3 Å². The summed E-state index contributed by atoms with van der Waals surface area (Å²) >= 11 is 0. The Balaban J connectivity index is 2.24. The highest BCUT2D eigenvalue weighted by Crippen LogP contribution is 2.19. The average Bonchev–Trinajstić information content (AvgIpc) is 3.02. The Morgan fingerprint density at radius 1 is 1.39 bits per heavy atom. The van der Waals surface area contributed by atoms with E-state index in [9.17, 15) is 0 Å². The van der Waals surface area contributed by atoms with Gasteiger partial charge in [0.05, 0.1) is 5.69 Å². The van der Waals surface area contributed by atoms with Crippen molar-refractivity contribution in [2.24, 2.45) is 5.73 Å². The van der Waals surface area contributed by atoms with Gasteiger partial charge in [-0.2, -0.15) is 10.1 Å². The Hall–Kier alpha value is -1.69. The van der Waals surface area contributed by atoms with Crippen molar-refractivity contribution >= 4 is 0 Å². The number of aryl methyl sites for hydroxylation is 3. The molecule has 2 aromatic heterocycles. The summed E-state index contributed by atoms with van der Waals surface area (Å²) in [4.78, 5) is 4.38. The molecule has 98 valence electrons. The van der Waals surface area contributed by atoms with Crippen LogP contribution in [0.2, 0.25) is 0 Å². The van der Waals surface area contributed by atoms with Crippen LogP contribution >= 0.6 is 0 Å². The zero-order chi connectivity index (χ0) is 13.0. The van der Waals surface area contributed by atoms with E-state index in [2.05, 4.69) is 22.2 Å². The van der Waals surface area contributed by atoms with E-state index in [1.807, 2.05) is 17.7 Å². The van der Waals surface area contributed by atoms with Gasteiger partial charge in [-0.1, -0.05) is 12.1 Å². The Kier molecular flexibility index (Phi) is 4.09. The largest absolute Gasteiger partial charge is 0.332 e. The van der Waals surface area contributed by atoms with Gasteiger partial charge in [0.2, 0.25) is 0 Å². The highest BCUT2D eigenvalue weighted by molar-refractivity contribution is 5.47. The smallest absolute Gasteiger partial charge is 0.276 e. The summed E-state index contributed by atoms with van der Waals surface area (Å²) in [6.45, 7) is 5.54. The van der Waals surface area contributed by atoms with Crippen molar-refractivity contribution in [2.45, 2.75) is 39.7 Å². The first-order chi connectivity index (χ1) is 8.78. The Labute approximate surface area is 106 Å². The van der Waals surface area contributed by atoms with E-state index in [-0.39, 0.29) is 0 Å².